The molecular formula is C17H23N5O2. The average molecular weight is 329 g/mol. The lowest BCUT2D eigenvalue weighted by molar-refractivity contribution is 0.0704. The van der Waals surface area contributed by atoms with Crippen molar-refractivity contribution in [3.63, 3.8) is 0 Å². The third-order valence-corrected chi connectivity index (χ3v) is 4.93. The van der Waals surface area contributed by atoms with Gasteiger partial charge in [-0.2, -0.15) is 0 Å². The number of imidazole rings is 1. The Morgan fingerprint density at radius 2 is 2.21 bits per heavy atom. The minimum atomic E-state index is -0.0845. The summed E-state index contributed by atoms with van der Waals surface area (Å²) >= 11 is 0. The number of amides is 1. The summed E-state index contributed by atoms with van der Waals surface area (Å²) in [5, 5.41) is 6.36. The molecule has 24 heavy (non-hydrogen) atoms. The molecule has 2 N–H and O–H groups in total. The number of carbonyl (C=O) groups excluding carboxylic acids is 1. The topological polar surface area (TPSA) is 81.1 Å². The molecule has 2 saturated heterocycles. The van der Waals surface area contributed by atoms with Crippen LogP contribution in [0, 0.1) is 0 Å². The van der Waals surface area contributed by atoms with E-state index in [4.69, 9.17) is 4.74 Å². The zero-order valence-electron chi connectivity index (χ0n) is 13.7. The summed E-state index contributed by atoms with van der Waals surface area (Å²) in [5.74, 6) is -0.0845. The number of ether oxygens (including phenoxy) is 1. The van der Waals surface area contributed by atoms with Crippen molar-refractivity contribution in [2.75, 3.05) is 26.3 Å². The first-order valence-corrected chi connectivity index (χ1v) is 8.73. The highest BCUT2D eigenvalue weighted by Gasteiger charge is 2.20. The van der Waals surface area contributed by atoms with Gasteiger partial charge in [0.05, 0.1) is 11.9 Å². The Morgan fingerprint density at radius 3 is 3.00 bits per heavy atom. The minimum absolute atomic E-state index is 0.0845. The predicted octanol–water partition coefficient (Wildman–Crippen LogP) is 1.26. The van der Waals surface area contributed by atoms with Crippen molar-refractivity contribution in [2.24, 2.45) is 0 Å². The van der Waals surface area contributed by atoms with Gasteiger partial charge in [-0.3, -0.25) is 4.79 Å². The van der Waals surface area contributed by atoms with E-state index in [1.54, 1.807) is 6.20 Å². The van der Waals surface area contributed by atoms with Crippen LogP contribution < -0.4 is 10.6 Å². The molecule has 0 spiro atoms. The summed E-state index contributed by atoms with van der Waals surface area (Å²) in [6.45, 7) is 3.26. The lowest BCUT2D eigenvalue weighted by Crippen LogP contribution is -2.37. The fourth-order valence-electron chi connectivity index (χ4n) is 3.52. The van der Waals surface area contributed by atoms with Crippen molar-refractivity contribution in [1.29, 1.82) is 0 Å². The van der Waals surface area contributed by atoms with E-state index in [9.17, 15) is 4.79 Å². The van der Waals surface area contributed by atoms with Crippen LogP contribution in [0.25, 0.3) is 11.2 Å². The molecule has 0 radical (unpaired) electrons. The fourth-order valence-corrected chi connectivity index (χ4v) is 3.52. The molecule has 0 aromatic carbocycles. The van der Waals surface area contributed by atoms with Crippen LogP contribution in [0.15, 0.2) is 18.6 Å². The largest absolute Gasteiger partial charge is 0.381 e. The van der Waals surface area contributed by atoms with Crippen LogP contribution in [0.4, 0.5) is 0 Å². The number of rotatable bonds is 4. The number of hydrogen-bond acceptors (Lipinski definition) is 5. The van der Waals surface area contributed by atoms with Crippen LogP contribution >= 0.6 is 0 Å². The third-order valence-electron chi connectivity index (χ3n) is 4.93. The predicted molar refractivity (Wildman–Crippen MR) is 90.0 cm³/mol. The van der Waals surface area contributed by atoms with E-state index in [2.05, 4.69) is 25.2 Å². The van der Waals surface area contributed by atoms with Gasteiger partial charge in [0.15, 0.2) is 5.65 Å². The molecule has 1 amide bonds. The Balaban J connectivity index is 1.47. The van der Waals surface area contributed by atoms with E-state index in [0.717, 1.165) is 50.2 Å². The molecular weight excluding hydrogens is 306 g/mol. The summed E-state index contributed by atoms with van der Waals surface area (Å²) in [4.78, 5) is 21.3. The first-order valence-electron chi connectivity index (χ1n) is 8.73. The molecule has 2 aliphatic rings. The van der Waals surface area contributed by atoms with Gasteiger partial charge in [-0.25, -0.2) is 9.97 Å². The van der Waals surface area contributed by atoms with Crippen molar-refractivity contribution >= 4 is 17.1 Å². The molecule has 0 aliphatic carbocycles. The summed E-state index contributed by atoms with van der Waals surface area (Å²) in [6.07, 6.45) is 7.73. The van der Waals surface area contributed by atoms with Gasteiger partial charge in [0, 0.05) is 38.0 Å². The smallest absolute Gasteiger partial charge is 0.252 e. The van der Waals surface area contributed by atoms with Crippen molar-refractivity contribution < 1.29 is 9.53 Å². The maximum absolute atomic E-state index is 12.3. The number of nitrogens with one attached hydrogen (secondary N) is 2. The van der Waals surface area contributed by atoms with E-state index < -0.39 is 0 Å². The highest BCUT2D eigenvalue weighted by Crippen LogP contribution is 2.24. The molecule has 4 rings (SSSR count). The minimum Gasteiger partial charge on any atom is -0.381 e. The standard InChI is InChI=1S/C17H23N5O2/c23-17(20-10-13-2-1-5-18-13)12-8-15-16(19-9-12)22(11-21-15)14-3-6-24-7-4-14/h8-9,11,13-14,18H,1-7,10H2,(H,20,23)/t13-/m0/s1. The molecule has 128 valence electrons. The summed E-state index contributed by atoms with van der Waals surface area (Å²) < 4.78 is 7.53. The van der Waals surface area contributed by atoms with E-state index in [1.807, 2.05) is 12.4 Å². The second-order valence-electron chi connectivity index (χ2n) is 6.57. The molecule has 0 unspecified atom stereocenters. The van der Waals surface area contributed by atoms with E-state index in [1.165, 1.54) is 6.42 Å². The number of hydrogen-bond donors (Lipinski definition) is 2. The van der Waals surface area contributed by atoms with Gasteiger partial charge in [0.25, 0.3) is 5.91 Å². The lowest BCUT2D eigenvalue weighted by Gasteiger charge is -2.23. The van der Waals surface area contributed by atoms with E-state index in [0.29, 0.717) is 24.2 Å². The number of carbonyl (C=O) groups is 1. The number of aromatic nitrogens is 3. The lowest BCUT2D eigenvalue weighted by atomic mass is 10.1. The van der Waals surface area contributed by atoms with Crippen LogP contribution in [0.3, 0.4) is 0 Å². The first kappa shape index (κ1) is 15.5. The van der Waals surface area contributed by atoms with Crippen molar-refractivity contribution in [2.45, 2.75) is 37.8 Å². The zero-order valence-corrected chi connectivity index (χ0v) is 13.7. The van der Waals surface area contributed by atoms with Gasteiger partial charge in [0.1, 0.15) is 5.52 Å². The van der Waals surface area contributed by atoms with E-state index in [-0.39, 0.29) is 5.91 Å². The SMILES string of the molecule is O=C(NC[C@@H]1CCCN1)c1cnc2c(c1)ncn2C1CCOCC1. The quantitative estimate of drug-likeness (QED) is 0.883. The maximum atomic E-state index is 12.3. The molecule has 1 atom stereocenters. The van der Waals surface area contributed by atoms with E-state index >= 15 is 0 Å². The molecule has 0 bridgehead atoms. The molecule has 0 saturated carbocycles. The molecule has 2 aromatic heterocycles. The molecule has 4 heterocycles. The monoisotopic (exact) mass is 329 g/mol. The van der Waals surface area contributed by atoms with Crippen molar-refractivity contribution in [1.82, 2.24) is 25.2 Å². The highest BCUT2D eigenvalue weighted by atomic mass is 16.5. The number of fused-ring (bicyclic) bond motifs is 1. The van der Waals surface area contributed by atoms with Crippen molar-refractivity contribution in [3.8, 4) is 0 Å². The fraction of sp³-hybridized carbons (Fsp3) is 0.588. The molecule has 7 heteroatoms. The maximum Gasteiger partial charge on any atom is 0.252 e. The number of nitrogens with zero attached hydrogens (tertiary/aromatic N) is 3. The zero-order chi connectivity index (χ0) is 16.4. The second kappa shape index (κ2) is 6.86. The van der Waals surface area contributed by atoms with Crippen LogP contribution in [-0.4, -0.2) is 52.8 Å². The third kappa shape index (κ3) is 3.14. The normalized spacial score (nSPS) is 22.1. The molecule has 2 aromatic rings. The van der Waals surface area contributed by atoms with Crippen LogP contribution in [0.2, 0.25) is 0 Å². The van der Waals surface area contributed by atoms with Gasteiger partial charge >= 0.3 is 0 Å². The number of pyridine rings is 1. The molecule has 2 aliphatic heterocycles. The summed E-state index contributed by atoms with van der Waals surface area (Å²) in [7, 11) is 0. The average Bonchev–Trinajstić information content (AvgIpc) is 3.29. The Labute approximate surface area is 140 Å². The molecule has 7 nitrogen and oxygen atoms in total. The first-order chi connectivity index (χ1) is 11.8. The van der Waals surface area contributed by atoms with Crippen LogP contribution in [-0.2, 0) is 4.74 Å². The Morgan fingerprint density at radius 1 is 1.33 bits per heavy atom. The second-order valence-corrected chi connectivity index (χ2v) is 6.57. The van der Waals surface area contributed by atoms with Gasteiger partial charge in [0.2, 0.25) is 0 Å². The summed E-state index contributed by atoms with van der Waals surface area (Å²) in [5.41, 5.74) is 2.18. The summed E-state index contributed by atoms with van der Waals surface area (Å²) in [6, 6.07) is 2.60. The van der Waals surface area contributed by atoms with Gasteiger partial charge in [-0.15, -0.1) is 0 Å². The van der Waals surface area contributed by atoms with Gasteiger partial charge in [-0.05, 0) is 38.3 Å². The van der Waals surface area contributed by atoms with Gasteiger partial charge < -0.3 is 19.9 Å². The Bertz CT molecular complexity index is 717. The van der Waals surface area contributed by atoms with Crippen LogP contribution in [0.1, 0.15) is 42.1 Å². The van der Waals surface area contributed by atoms with Gasteiger partial charge in [-0.1, -0.05) is 0 Å². The Hall–Kier alpha value is -1.99. The molecule has 2 fully saturated rings. The highest BCUT2D eigenvalue weighted by molar-refractivity contribution is 5.96. The van der Waals surface area contributed by atoms with Crippen molar-refractivity contribution in [3.05, 3.63) is 24.2 Å². The Kier molecular flexibility index (Phi) is 4.44. The van der Waals surface area contributed by atoms with Crippen LogP contribution in [0.5, 0.6) is 0 Å².